The number of hydrogen-bond donors (Lipinski definition) is 3. The Morgan fingerprint density at radius 3 is 2.64 bits per heavy atom. The minimum absolute atomic E-state index is 0.201. The first-order valence-electron chi connectivity index (χ1n) is 13.3. The summed E-state index contributed by atoms with van der Waals surface area (Å²) in [6, 6.07) is 10.6. The van der Waals surface area contributed by atoms with E-state index < -0.39 is 0 Å². The minimum Gasteiger partial charge on any atom is -0.367 e. The molecular weight excluding hydrogens is 515 g/mol. The number of piperidine rings is 1. The molecule has 2 aliphatic rings. The summed E-state index contributed by atoms with van der Waals surface area (Å²) in [5, 5.41) is 9.54. The zero-order chi connectivity index (χ0) is 26.6. The molecule has 0 radical (unpaired) electrons. The van der Waals surface area contributed by atoms with Gasteiger partial charge in [-0.2, -0.15) is 0 Å². The monoisotopic (exact) mass is 546 g/mol. The molecule has 1 atom stereocenters. The molecule has 2 saturated heterocycles. The van der Waals surface area contributed by atoms with Gasteiger partial charge in [-0.05, 0) is 55.8 Å². The maximum Gasteiger partial charge on any atom is 0.262 e. The van der Waals surface area contributed by atoms with Crippen molar-refractivity contribution in [3.05, 3.63) is 76.0 Å². The van der Waals surface area contributed by atoms with Crippen LogP contribution in [0.2, 0.25) is 0 Å². The molecule has 4 aromatic rings. The largest absolute Gasteiger partial charge is 0.367 e. The number of hydrogen-bond acceptors (Lipinski definition) is 9. The number of nitrogens with one attached hydrogen (secondary N) is 3. The first-order chi connectivity index (χ1) is 19.1. The van der Waals surface area contributed by atoms with Gasteiger partial charge in [0, 0.05) is 62.5 Å². The van der Waals surface area contributed by atoms with Crippen LogP contribution in [0.4, 0.5) is 16.0 Å². The molecule has 39 heavy (non-hydrogen) atoms. The standard InChI is InChI=1S/C28H31FN8OS/c29-20-7-5-19(6-8-20)24-18-39-27(33-24)25-23(17-32-21-3-1-9-30-15-21)34-28(35-26(25)38)37-13-11-36(12-14-37)22-4-2-10-31-16-22/h2,4-8,10,16,18,21,30,32H,1,3,9,11-15,17H2,(H,34,35,38). The van der Waals surface area contributed by atoms with Crippen molar-refractivity contribution >= 4 is 23.0 Å². The van der Waals surface area contributed by atoms with Crippen molar-refractivity contribution in [2.75, 3.05) is 49.1 Å². The van der Waals surface area contributed by atoms with Crippen LogP contribution in [-0.2, 0) is 6.54 Å². The van der Waals surface area contributed by atoms with Crippen molar-refractivity contribution in [2.45, 2.75) is 25.4 Å². The van der Waals surface area contributed by atoms with E-state index in [0.29, 0.717) is 40.5 Å². The van der Waals surface area contributed by atoms with E-state index in [1.165, 1.54) is 23.5 Å². The molecular formula is C28H31FN8OS. The van der Waals surface area contributed by atoms with Gasteiger partial charge in [-0.25, -0.2) is 14.4 Å². The Balaban J connectivity index is 1.27. The number of H-pyrrole nitrogens is 1. The van der Waals surface area contributed by atoms with Gasteiger partial charge < -0.3 is 20.4 Å². The summed E-state index contributed by atoms with van der Waals surface area (Å²) < 4.78 is 13.4. The summed E-state index contributed by atoms with van der Waals surface area (Å²) in [7, 11) is 0. The molecule has 2 fully saturated rings. The summed E-state index contributed by atoms with van der Waals surface area (Å²) in [4.78, 5) is 35.0. The summed E-state index contributed by atoms with van der Waals surface area (Å²) >= 11 is 1.40. The van der Waals surface area contributed by atoms with Gasteiger partial charge in [0.05, 0.1) is 28.8 Å². The first-order valence-corrected chi connectivity index (χ1v) is 14.2. The molecule has 202 valence electrons. The third-order valence-corrected chi connectivity index (χ3v) is 8.14. The zero-order valence-corrected chi connectivity index (χ0v) is 22.4. The predicted molar refractivity (Wildman–Crippen MR) is 153 cm³/mol. The summed E-state index contributed by atoms with van der Waals surface area (Å²) in [6.07, 6.45) is 5.86. The third kappa shape index (κ3) is 5.85. The fourth-order valence-electron chi connectivity index (χ4n) is 5.13. The molecule has 3 N–H and O–H groups in total. The summed E-state index contributed by atoms with van der Waals surface area (Å²) in [5.74, 6) is 0.292. The maximum atomic E-state index is 13.6. The number of thiazole rings is 1. The van der Waals surface area contributed by atoms with Crippen LogP contribution in [0.3, 0.4) is 0 Å². The molecule has 1 aromatic carbocycles. The lowest BCUT2D eigenvalue weighted by atomic mass is 10.1. The highest BCUT2D eigenvalue weighted by atomic mass is 32.1. The van der Waals surface area contributed by atoms with E-state index in [1.54, 1.807) is 18.3 Å². The topological polar surface area (TPSA) is 102 Å². The van der Waals surface area contributed by atoms with Crippen molar-refractivity contribution in [3.8, 4) is 21.8 Å². The highest BCUT2D eigenvalue weighted by Gasteiger charge is 2.24. The number of anilines is 2. The molecule has 6 rings (SSSR count). The lowest BCUT2D eigenvalue weighted by molar-refractivity contribution is 0.387. The van der Waals surface area contributed by atoms with Crippen LogP contribution in [0, 0.1) is 5.82 Å². The predicted octanol–water partition coefficient (Wildman–Crippen LogP) is 3.26. The summed E-state index contributed by atoms with van der Waals surface area (Å²) in [6.45, 7) is 5.50. The second-order valence-electron chi connectivity index (χ2n) is 9.87. The molecule has 0 aliphatic carbocycles. The Morgan fingerprint density at radius 1 is 1.08 bits per heavy atom. The van der Waals surface area contributed by atoms with Gasteiger partial charge in [0.25, 0.3) is 5.56 Å². The van der Waals surface area contributed by atoms with E-state index in [2.05, 4.69) is 36.5 Å². The average Bonchev–Trinajstić information content (AvgIpc) is 3.47. The molecule has 2 aliphatic heterocycles. The second-order valence-corrected chi connectivity index (χ2v) is 10.7. The van der Waals surface area contributed by atoms with Crippen LogP contribution in [0.5, 0.6) is 0 Å². The van der Waals surface area contributed by atoms with E-state index in [0.717, 1.165) is 63.4 Å². The Hall–Kier alpha value is -3.67. The molecule has 11 heteroatoms. The Kier molecular flexibility index (Phi) is 7.62. The van der Waals surface area contributed by atoms with Crippen molar-refractivity contribution in [1.82, 2.24) is 30.6 Å². The van der Waals surface area contributed by atoms with Gasteiger partial charge in [-0.1, -0.05) is 0 Å². The average molecular weight is 547 g/mol. The van der Waals surface area contributed by atoms with Crippen LogP contribution in [0.15, 0.2) is 59.0 Å². The SMILES string of the molecule is O=c1[nH]c(N2CCN(c3cccnc3)CC2)nc(CNC2CCCNC2)c1-c1nc(-c2ccc(F)cc2)cs1. The van der Waals surface area contributed by atoms with Crippen molar-refractivity contribution in [2.24, 2.45) is 0 Å². The van der Waals surface area contributed by atoms with Gasteiger partial charge in [0.1, 0.15) is 10.8 Å². The molecule has 0 saturated carbocycles. The minimum atomic E-state index is -0.294. The van der Waals surface area contributed by atoms with Gasteiger partial charge in [-0.15, -0.1) is 11.3 Å². The third-order valence-electron chi connectivity index (χ3n) is 7.29. The van der Waals surface area contributed by atoms with Crippen LogP contribution in [-0.4, -0.2) is 65.2 Å². The van der Waals surface area contributed by atoms with E-state index in [4.69, 9.17) is 9.97 Å². The number of benzene rings is 1. The Labute approximate surface area is 230 Å². The van der Waals surface area contributed by atoms with Crippen LogP contribution in [0.25, 0.3) is 21.8 Å². The fraction of sp³-hybridized carbons (Fsp3) is 0.357. The van der Waals surface area contributed by atoms with E-state index in [-0.39, 0.29) is 11.4 Å². The molecule has 0 bridgehead atoms. The molecule has 0 spiro atoms. The number of aromatic amines is 1. The van der Waals surface area contributed by atoms with Gasteiger partial charge in [0.2, 0.25) is 5.95 Å². The normalized spacial score (nSPS) is 17.9. The zero-order valence-electron chi connectivity index (χ0n) is 21.6. The molecule has 0 amide bonds. The van der Waals surface area contributed by atoms with Gasteiger partial charge in [-0.3, -0.25) is 14.8 Å². The smallest absolute Gasteiger partial charge is 0.262 e. The van der Waals surface area contributed by atoms with Crippen molar-refractivity contribution in [1.29, 1.82) is 0 Å². The van der Waals surface area contributed by atoms with Gasteiger partial charge in [0.15, 0.2) is 0 Å². The van der Waals surface area contributed by atoms with Crippen LogP contribution < -0.4 is 26.0 Å². The van der Waals surface area contributed by atoms with E-state index >= 15 is 0 Å². The number of aromatic nitrogens is 4. The molecule has 3 aromatic heterocycles. The lowest BCUT2D eigenvalue weighted by Crippen LogP contribution is -2.47. The molecule has 5 heterocycles. The first kappa shape index (κ1) is 25.6. The van der Waals surface area contributed by atoms with E-state index in [1.807, 2.05) is 17.6 Å². The molecule has 1 unspecified atom stereocenters. The summed E-state index contributed by atoms with van der Waals surface area (Å²) in [5.41, 5.74) is 3.59. The number of pyridine rings is 1. The fourth-order valence-corrected chi connectivity index (χ4v) is 6.02. The number of piperazine rings is 1. The van der Waals surface area contributed by atoms with Gasteiger partial charge >= 0.3 is 0 Å². The molecule has 9 nitrogen and oxygen atoms in total. The Morgan fingerprint density at radius 2 is 1.90 bits per heavy atom. The highest BCUT2D eigenvalue weighted by molar-refractivity contribution is 7.13. The maximum absolute atomic E-state index is 13.6. The highest BCUT2D eigenvalue weighted by Crippen LogP contribution is 2.29. The lowest BCUT2D eigenvalue weighted by Gasteiger charge is -2.36. The second kappa shape index (κ2) is 11.6. The van der Waals surface area contributed by atoms with Crippen molar-refractivity contribution < 1.29 is 4.39 Å². The number of nitrogens with zero attached hydrogens (tertiary/aromatic N) is 5. The number of rotatable bonds is 7. The quantitative estimate of drug-likeness (QED) is 0.325. The van der Waals surface area contributed by atoms with Crippen LogP contribution >= 0.6 is 11.3 Å². The van der Waals surface area contributed by atoms with E-state index in [9.17, 15) is 9.18 Å². The van der Waals surface area contributed by atoms with Crippen molar-refractivity contribution in [3.63, 3.8) is 0 Å². The Bertz CT molecular complexity index is 1440. The number of halogens is 1. The van der Waals surface area contributed by atoms with Crippen LogP contribution in [0.1, 0.15) is 18.5 Å².